The van der Waals surface area contributed by atoms with E-state index in [9.17, 15) is 13.6 Å². The van der Waals surface area contributed by atoms with Crippen molar-refractivity contribution in [3.8, 4) is 0 Å². The van der Waals surface area contributed by atoms with Gasteiger partial charge in [-0.15, -0.1) is 0 Å². The van der Waals surface area contributed by atoms with Crippen LogP contribution >= 0.6 is 0 Å². The minimum atomic E-state index is -2.87. The first-order chi connectivity index (χ1) is 5.01. The van der Waals surface area contributed by atoms with E-state index in [1.807, 2.05) is 5.32 Å². The first-order valence-corrected chi connectivity index (χ1v) is 3.37. The lowest BCUT2D eigenvalue weighted by Crippen LogP contribution is -2.46. The molecule has 1 fully saturated rings. The summed E-state index contributed by atoms with van der Waals surface area (Å²) in [6, 6.07) is -2.87. The van der Waals surface area contributed by atoms with Gasteiger partial charge >= 0.3 is 12.0 Å². The number of hydrogen-bond donors (Lipinski definition) is 2. The summed E-state index contributed by atoms with van der Waals surface area (Å²) >= 11 is 0. The van der Waals surface area contributed by atoms with Gasteiger partial charge in [0.05, 0.1) is 5.92 Å². The van der Waals surface area contributed by atoms with Crippen molar-refractivity contribution in [2.45, 2.75) is 18.9 Å². The van der Waals surface area contributed by atoms with E-state index in [0.29, 0.717) is 0 Å². The number of alkyl halides is 2. The third kappa shape index (κ3) is 2.11. The van der Waals surface area contributed by atoms with Crippen LogP contribution in [0.2, 0.25) is 0 Å². The van der Waals surface area contributed by atoms with Crippen LogP contribution in [0.4, 0.5) is 8.78 Å². The summed E-state index contributed by atoms with van der Waals surface area (Å²) in [4.78, 5) is 10.3. The van der Waals surface area contributed by atoms with Crippen LogP contribution in [0.25, 0.3) is 0 Å². The molecule has 0 aromatic heterocycles. The van der Waals surface area contributed by atoms with Crippen molar-refractivity contribution < 1.29 is 18.7 Å². The Morgan fingerprint density at radius 3 is 2.64 bits per heavy atom. The van der Waals surface area contributed by atoms with Gasteiger partial charge in [0.15, 0.2) is 0 Å². The van der Waals surface area contributed by atoms with Crippen LogP contribution in [0.5, 0.6) is 0 Å². The molecule has 64 valence electrons. The first kappa shape index (κ1) is 8.39. The molecule has 0 aliphatic carbocycles. The Labute approximate surface area is 62.4 Å². The van der Waals surface area contributed by atoms with Crippen molar-refractivity contribution >= 4 is 5.97 Å². The molecule has 11 heavy (non-hydrogen) atoms. The number of carboxylic acids is 1. The lowest BCUT2D eigenvalue weighted by atomic mass is 9.99. The van der Waals surface area contributed by atoms with Gasteiger partial charge in [-0.1, -0.05) is 0 Å². The Hall–Kier alpha value is -0.710. The zero-order valence-electron chi connectivity index (χ0n) is 5.81. The Morgan fingerprint density at radius 1 is 1.64 bits per heavy atom. The molecule has 0 aromatic rings. The molecule has 3 nitrogen and oxygen atoms in total. The monoisotopic (exact) mass is 165 g/mol. The predicted molar refractivity (Wildman–Crippen MR) is 33.3 cm³/mol. The zero-order valence-corrected chi connectivity index (χ0v) is 5.81. The fraction of sp³-hybridized carbons (Fsp3) is 0.833. The summed E-state index contributed by atoms with van der Waals surface area (Å²) in [6.07, 6.45) is -0.334. The molecule has 1 saturated heterocycles. The largest absolute Gasteiger partial charge is 0.481 e. The van der Waals surface area contributed by atoms with Gasteiger partial charge in [-0.25, -0.2) is 0 Å². The molecule has 2 N–H and O–H groups in total. The van der Waals surface area contributed by atoms with Crippen molar-refractivity contribution in [3.05, 3.63) is 0 Å². The second kappa shape index (κ2) is 2.73. The molecule has 1 aliphatic heterocycles. The van der Waals surface area contributed by atoms with Gasteiger partial charge in [0, 0.05) is 13.0 Å². The van der Waals surface area contributed by atoms with Crippen molar-refractivity contribution in [1.82, 2.24) is 5.32 Å². The highest BCUT2D eigenvalue weighted by atomic mass is 19.3. The average Bonchev–Trinajstić information content (AvgIpc) is 1.86. The molecule has 0 saturated carbocycles. The summed E-state index contributed by atoms with van der Waals surface area (Å²) in [7, 11) is 0. The van der Waals surface area contributed by atoms with Crippen molar-refractivity contribution in [1.29, 1.82) is 0 Å². The van der Waals surface area contributed by atoms with Gasteiger partial charge < -0.3 is 5.11 Å². The Morgan fingerprint density at radius 2 is 2.27 bits per heavy atom. The third-order valence-electron chi connectivity index (χ3n) is 1.76. The van der Waals surface area contributed by atoms with Crippen molar-refractivity contribution in [3.63, 3.8) is 0 Å². The van der Waals surface area contributed by atoms with Crippen LogP contribution in [-0.4, -0.2) is 23.7 Å². The summed E-state index contributed by atoms with van der Waals surface area (Å²) in [6.45, 7) is -0.137. The molecule has 1 rings (SSSR count). The molecule has 1 aliphatic rings. The topological polar surface area (TPSA) is 49.3 Å². The van der Waals surface area contributed by atoms with Crippen LogP contribution in [0.15, 0.2) is 0 Å². The number of carbonyl (C=O) groups is 1. The van der Waals surface area contributed by atoms with E-state index in [2.05, 4.69) is 0 Å². The highest BCUT2D eigenvalue weighted by molar-refractivity contribution is 5.70. The molecule has 0 spiro atoms. The molecular weight excluding hydrogens is 156 g/mol. The van der Waals surface area contributed by atoms with E-state index < -0.39 is 17.9 Å². The maximum absolute atomic E-state index is 12.3. The summed E-state index contributed by atoms with van der Waals surface area (Å²) in [5.41, 5.74) is 0. The Kier molecular flexibility index (Phi) is 2.08. The summed E-state index contributed by atoms with van der Waals surface area (Å²) < 4.78 is 24.7. The second-order valence-electron chi connectivity index (χ2n) is 2.66. The maximum atomic E-state index is 12.3. The zero-order chi connectivity index (χ0) is 8.48. The van der Waals surface area contributed by atoms with Crippen molar-refractivity contribution in [2.24, 2.45) is 5.92 Å². The molecular formula is C6H9F2NO2. The van der Waals surface area contributed by atoms with Crippen LogP contribution < -0.4 is 5.32 Å². The van der Waals surface area contributed by atoms with Crippen LogP contribution in [0.3, 0.4) is 0 Å². The van der Waals surface area contributed by atoms with Gasteiger partial charge in [0.2, 0.25) is 0 Å². The normalized spacial score (nSPS) is 29.8. The van der Waals surface area contributed by atoms with E-state index in [0.717, 1.165) is 0 Å². The van der Waals surface area contributed by atoms with Gasteiger partial charge in [-0.2, -0.15) is 8.78 Å². The van der Waals surface area contributed by atoms with E-state index in [1.165, 1.54) is 0 Å². The van der Waals surface area contributed by atoms with E-state index in [-0.39, 0.29) is 19.4 Å². The highest BCUT2D eigenvalue weighted by Gasteiger charge is 2.36. The minimum absolute atomic E-state index is 0.0509. The van der Waals surface area contributed by atoms with E-state index in [1.54, 1.807) is 0 Å². The second-order valence-corrected chi connectivity index (χ2v) is 2.66. The van der Waals surface area contributed by atoms with E-state index >= 15 is 0 Å². The number of halogens is 2. The number of hydrogen-bond acceptors (Lipinski definition) is 2. The van der Waals surface area contributed by atoms with Crippen LogP contribution in [0.1, 0.15) is 12.8 Å². The Balaban J connectivity index is 2.42. The highest BCUT2D eigenvalue weighted by Crippen LogP contribution is 2.25. The van der Waals surface area contributed by atoms with Crippen LogP contribution in [-0.2, 0) is 4.79 Å². The van der Waals surface area contributed by atoms with Gasteiger partial charge in [-0.3, -0.25) is 10.1 Å². The lowest BCUT2D eigenvalue weighted by Gasteiger charge is -2.26. The number of aliphatic carboxylic acids is 1. The minimum Gasteiger partial charge on any atom is -0.481 e. The molecule has 0 radical (unpaired) electrons. The fourth-order valence-electron chi connectivity index (χ4n) is 1.03. The predicted octanol–water partition coefficient (Wildman–Crippen LogP) is 0.663. The molecule has 1 atom stereocenters. The molecule has 1 heterocycles. The molecule has 5 heteroatoms. The maximum Gasteiger partial charge on any atom is 0.307 e. The number of carboxylic acid groups (broad SMARTS) is 1. The van der Waals surface area contributed by atoms with Crippen LogP contribution in [0, 0.1) is 5.92 Å². The van der Waals surface area contributed by atoms with E-state index in [4.69, 9.17) is 5.11 Å². The summed E-state index contributed by atoms with van der Waals surface area (Å²) in [5, 5.41) is 10.3. The molecule has 0 aromatic carbocycles. The SMILES string of the molecule is O=C(O)C1CCC(F)(F)NC1. The number of piperidine rings is 1. The van der Waals surface area contributed by atoms with Gasteiger partial charge in [-0.05, 0) is 6.42 Å². The first-order valence-electron chi connectivity index (χ1n) is 3.37. The molecule has 1 unspecified atom stereocenters. The number of rotatable bonds is 1. The number of nitrogens with one attached hydrogen (secondary N) is 1. The van der Waals surface area contributed by atoms with Crippen molar-refractivity contribution in [2.75, 3.05) is 6.54 Å². The summed E-state index contributed by atoms with van der Waals surface area (Å²) in [5.74, 6) is -1.66. The molecule has 0 amide bonds. The fourth-order valence-corrected chi connectivity index (χ4v) is 1.03. The smallest absolute Gasteiger partial charge is 0.307 e. The third-order valence-corrected chi connectivity index (χ3v) is 1.76. The van der Waals surface area contributed by atoms with Gasteiger partial charge in [0.1, 0.15) is 0 Å². The van der Waals surface area contributed by atoms with Gasteiger partial charge in [0.25, 0.3) is 0 Å². The Bertz CT molecular complexity index is 162. The molecule has 0 bridgehead atoms. The quantitative estimate of drug-likeness (QED) is 0.561. The standard InChI is InChI=1S/C6H9F2NO2/c7-6(8)2-1-4(3-9-6)5(10)11/h4,9H,1-3H2,(H,10,11). The average molecular weight is 165 g/mol. The lowest BCUT2D eigenvalue weighted by molar-refractivity contribution is -0.146.